The minimum absolute atomic E-state index is 0.142. The number of nitrogens with zero attached hydrogens (tertiary/aromatic N) is 1. The van der Waals surface area contributed by atoms with E-state index in [4.69, 9.17) is 0 Å². The first-order chi connectivity index (χ1) is 8.56. The molecular formula is C13H14N2OS2. The lowest BCUT2D eigenvalue weighted by atomic mass is 10.3. The van der Waals surface area contributed by atoms with Crippen LogP contribution in [0.1, 0.15) is 21.0 Å². The van der Waals surface area contributed by atoms with Crippen molar-refractivity contribution in [3.05, 3.63) is 38.5 Å². The molecule has 1 N–H and O–H groups in total. The lowest BCUT2D eigenvalue weighted by Crippen LogP contribution is -2.07. The number of aromatic nitrogens is 1. The second-order valence-corrected chi connectivity index (χ2v) is 6.10. The second kappa shape index (κ2) is 5.46. The summed E-state index contributed by atoms with van der Waals surface area (Å²) in [5.74, 6) is -0.142. The maximum absolute atomic E-state index is 11.7. The lowest BCUT2D eigenvalue weighted by molar-refractivity contribution is -0.111. The molecule has 2 rings (SSSR count). The second-order valence-electron chi connectivity index (χ2n) is 3.95. The molecule has 2 heterocycles. The van der Waals surface area contributed by atoms with Gasteiger partial charge in [-0.3, -0.25) is 10.1 Å². The fourth-order valence-electron chi connectivity index (χ4n) is 1.38. The van der Waals surface area contributed by atoms with E-state index in [0.29, 0.717) is 5.13 Å². The number of rotatable bonds is 3. The number of hydrogen-bond donors (Lipinski definition) is 1. The van der Waals surface area contributed by atoms with Gasteiger partial charge in [0.25, 0.3) is 0 Å². The van der Waals surface area contributed by atoms with Gasteiger partial charge in [-0.25, -0.2) is 4.98 Å². The van der Waals surface area contributed by atoms with Crippen LogP contribution in [0.2, 0.25) is 0 Å². The number of nitrogens with one attached hydrogen (secondary N) is 1. The third kappa shape index (κ3) is 3.05. The van der Waals surface area contributed by atoms with Gasteiger partial charge in [-0.1, -0.05) is 0 Å². The van der Waals surface area contributed by atoms with E-state index < -0.39 is 0 Å². The van der Waals surface area contributed by atoms with Gasteiger partial charge >= 0.3 is 0 Å². The molecule has 0 aliphatic carbocycles. The minimum Gasteiger partial charge on any atom is -0.298 e. The van der Waals surface area contributed by atoms with Gasteiger partial charge in [-0.05, 0) is 43.9 Å². The van der Waals surface area contributed by atoms with E-state index in [1.54, 1.807) is 17.4 Å². The molecule has 0 saturated carbocycles. The summed E-state index contributed by atoms with van der Waals surface area (Å²) in [5, 5.41) is 5.44. The number of anilines is 1. The Hall–Kier alpha value is -1.46. The molecule has 1 amide bonds. The van der Waals surface area contributed by atoms with Crippen molar-refractivity contribution in [1.29, 1.82) is 0 Å². The van der Waals surface area contributed by atoms with Crippen molar-refractivity contribution in [2.24, 2.45) is 0 Å². The molecule has 3 nitrogen and oxygen atoms in total. The van der Waals surface area contributed by atoms with E-state index >= 15 is 0 Å². The Bertz CT molecular complexity index is 576. The Morgan fingerprint density at radius 3 is 2.72 bits per heavy atom. The number of carbonyl (C=O) groups excluding carboxylic acids is 1. The molecule has 0 bridgehead atoms. The van der Waals surface area contributed by atoms with Crippen LogP contribution >= 0.6 is 22.7 Å². The highest BCUT2D eigenvalue weighted by Crippen LogP contribution is 2.21. The average molecular weight is 278 g/mol. The monoisotopic (exact) mass is 278 g/mol. The third-order valence-corrected chi connectivity index (χ3v) is 4.52. The Morgan fingerprint density at radius 2 is 2.17 bits per heavy atom. The van der Waals surface area contributed by atoms with Crippen LogP contribution in [0.5, 0.6) is 0 Å². The van der Waals surface area contributed by atoms with E-state index in [0.717, 1.165) is 15.4 Å². The van der Waals surface area contributed by atoms with E-state index in [-0.39, 0.29) is 5.91 Å². The molecule has 0 spiro atoms. The zero-order valence-corrected chi connectivity index (χ0v) is 12.1. The summed E-state index contributed by atoms with van der Waals surface area (Å²) in [6.45, 7) is 5.96. The molecule has 0 aliphatic rings. The molecule has 0 radical (unpaired) electrons. The minimum atomic E-state index is -0.142. The smallest absolute Gasteiger partial charge is 0.250 e. The standard InChI is InChI=1S/C13H14N2OS2/c1-8-6-7-17-11(8)4-5-12(16)15-13-14-9(2)10(3)18-13/h4-7H,1-3H3,(H,14,15,16)/b5-4+. The molecule has 0 aliphatic heterocycles. The maximum Gasteiger partial charge on any atom is 0.250 e. The quantitative estimate of drug-likeness (QED) is 0.868. The van der Waals surface area contributed by atoms with Crippen LogP contribution in [0.3, 0.4) is 0 Å². The van der Waals surface area contributed by atoms with Crippen molar-refractivity contribution in [2.75, 3.05) is 5.32 Å². The number of carbonyl (C=O) groups is 1. The van der Waals surface area contributed by atoms with E-state index in [9.17, 15) is 4.79 Å². The number of thiophene rings is 1. The summed E-state index contributed by atoms with van der Waals surface area (Å²) in [6, 6.07) is 2.04. The zero-order valence-electron chi connectivity index (χ0n) is 10.5. The summed E-state index contributed by atoms with van der Waals surface area (Å²) >= 11 is 3.12. The van der Waals surface area contributed by atoms with Crippen molar-refractivity contribution < 1.29 is 4.79 Å². The van der Waals surface area contributed by atoms with E-state index in [1.807, 2.05) is 38.3 Å². The molecule has 0 aromatic carbocycles. The molecule has 0 saturated heterocycles. The number of amides is 1. The Labute approximate surface area is 114 Å². The van der Waals surface area contributed by atoms with Gasteiger partial charge in [0.15, 0.2) is 5.13 Å². The lowest BCUT2D eigenvalue weighted by Gasteiger charge is -1.95. The van der Waals surface area contributed by atoms with E-state index in [2.05, 4.69) is 10.3 Å². The van der Waals surface area contributed by atoms with Gasteiger partial charge in [0.2, 0.25) is 5.91 Å². The summed E-state index contributed by atoms with van der Waals surface area (Å²) in [4.78, 5) is 18.2. The number of thiazole rings is 1. The van der Waals surface area contributed by atoms with Crippen LogP contribution in [0.25, 0.3) is 6.08 Å². The molecule has 0 unspecified atom stereocenters. The van der Waals surface area contributed by atoms with Gasteiger partial charge in [-0.2, -0.15) is 0 Å². The van der Waals surface area contributed by atoms with Gasteiger partial charge in [0, 0.05) is 15.8 Å². The Morgan fingerprint density at radius 1 is 1.39 bits per heavy atom. The van der Waals surface area contributed by atoms with Crippen LogP contribution in [0.15, 0.2) is 17.5 Å². The molecule has 0 fully saturated rings. The van der Waals surface area contributed by atoms with Crippen LogP contribution in [-0.2, 0) is 4.79 Å². The van der Waals surface area contributed by atoms with Crippen LogP contribution in [0, 0.1) is 20.8 Å². The molecule has 0 atom stereocenters. The third-order valence-electron chi connectivity index (χ3n) is 2.55. The number of hydrogen-bond acceptors (Lipinski definition) is 4. The highest BCUT2D eigenvalue weighted by atomic mass is 32.1. The van der Waals surface area contributed by atoms with E-state index in [1.165, 1.54) is 16.9 Å². The van der Waals surface area contributed by atoms with Gasteiger partial charge < -0.3 is 0 Å². The van der Waals surface area contributed by atoms with Crippen LogP contribution in [0.4, 0.5) is 5.13 Å². The highest BCUT2D eigenvalue weighted by Gasteiger charge is 2.05. The van der Waals surface area contributed by atoms with Crippen LogP contribution in [-0.4, -0.2) is 10.9 Å². The van der Waals surface area contributed by atoms with Crippen molar-refractivity contribution >= 4 is 39.8 Å². The summed E-state index contributed by atoms with van der Waals surface area (Å²) < 4.78 is 0. The van der Waals surface area contributed by atoms with Gasteiger partial charge in [-0.15, -0.1) is 22.7 Å². The summed E-state index contributed by atoms with van der Waals surface area (Å²) in [5.41, 5.74) is 2.15. The summed E-state index contributed by atoms with van der Waals surface area (Å²) in [7, 11) is 0. The fraction of sp³-hybridized carbons (Fsp3) is 0.231. The van der Waals surface area contributed by atoms with Crippen molar-refractivity contribution in [3.8, 4) is 0 Å². The highest BCUT2D eigenvalue weighted by molar-refractivity contribution is 7.15. The molecule has 94 valence electrons. The first kappa shape index (κ1) is 13.0. The molecule has 2 aromatic rings. The van der Waals surface area contributed by atoms with Crippen molar-refractivity contribution in [1.82, 2.24) is 4.98 Å². The van der Waals surface area contributed by atoms with Crippen molar-refractivity contribution in [2.45, 2.75) is 20.8 Å². The fourth-order valence-corrected chi connectivity index (χ4v) is 3.02. The SMILES string of the molecule is Cc1ccsc1/C=C/C(=O)Nc1nc(C)c(C)s1. The van der Waals surface area contributed by atoms with Crippen molar-refractivity contribution in [3.63, 3.8) is 0 Å². The summed E-state index contributed by atoms with van der Waals surface area (Å²) in [6.07, 6.45) is 3.38. The Balaban J connectivity index is 2.01. The molecule has 2 aromatic heterocycles. The normalized spacial score (nSPS) is 11.1. The zero-order chi connectivity index (χ0) is 13.1. The first-order valence-corrected chi connectivity index (χ1v) is 7.23. The van der Waals surface area contributed by atoms with Gasteiger partial charge in [0.05, 0.1) is 5.69 Å². The largest absolute Gasteiger partial charge is 0.298 e. The predicted molar refractivity (Wildman–Crippen MR) is 78.3 cm³/mol. The molecular weight excluding hydrogens is 264 g/mol. The predicted octanol–water partition coefficient (Wildman–Crippen LogP) is 3.78. The van der Waals surface area contributed by atoms with Crippen LogP contribution < -0.4 is 5.32 Å². The Kier molecular flexibility index (Phi) is 3.93. The maximum atomic E-state index is 11.7. The average Bonchev–Trinajstić information content (AvgIpc) is 2.84. The molecule has 5 heteroatoms. The van der Waals surface area contributed by atoms with Gasteiger partial charge in [0.1, 0.15) is 0 Å². The topological polar surface area (TPSA) is 42.0 Å². The molecule has 18 heavy (non-hydrogen) atoms. The first-order valence-electron chi connectivity index (χ1n) is 5.53. The number of aryl methyl sites for hydroxylation is 3.